The standard InChI is InChI=1S/C25H24O/c26-24-21-12-19-14-2-1-3-18(19)16-4-6-22-20(11-16)17-8-9-25(22,13-17)23(24)7-5-15(21)10-14/h1-3,10,12,16-17,23H,4-9,11,13H2. The summed E-state index contributed by atoms with van der Waals surface area (Å²) in [4.78, 5) is 13.7. The van der Waals surface area contributed by atoms with Gasteiger partial charge in [0, 0.05) is 16.9 Å². The van der Waals surface area contributed by atoms with Gasteiger partial charge >= 0.3 is 0 Å². The van der Waals surface area contributed by atoms with Gasteiger partial charge in [0.15, 0.2) is 5.78 Å². The third kappa shape index (κ3) is 1.50. The van der Waals surface area contributed by atoms with Crippen molar-refractivity contribution in [2.24, 2.45) is 17.3 Å². The first kappa shape index (κ1) is 14.2. The number of hydrogen-bond acceptors (Lipinski definition) is 1. The summed E-state index contributed by atoms with van der Waals surface area (Å²) in [6.07, 6.45) is 9.86. The van der Waals surface area contributed by atoms with Crippen LogP contribution < -0.4 is 0 Å². The zero-order valence-corrected chi connectivity index (χ0v) is 15.2. The number of allylic oxidation sites excluding steroid dienone is 2. The van der Waals surface area contributed by atoms with E-state index in [2.05, 4.69) is 30.3 Å². The Bertz CT molecular complexity index is 1040. The van der Waals surface area contributed by atoms with Gasteiger partial charge in [-0.1, -0.05) is 35.4 Å². The van der Waals surface area contributed by atoms with Crippen LogP contribution in [0.2, 0.25) is 0 Å². The number of aryl methyl sites for hydroxylation is 1. The molecule has 6 aliphatic rings. The number of hydrogen-bond donors (Lipinski definition) is 0. The minimum Gasteiger partial charge on any atom is -0.294 e. The highest BCUT2D eigenvalue weighted by Crippen LogP contribution is 2.67. The molecule has 1 spiro atoms. The lowest BCUT2D eigenvalue weighted by Crippen LogP contribution is -2.38. The van der Waals surface area contributed by atoms with Crippen molar-refractivity contribution >= 4 is 16.6 Å². The van der Waals surface area contributed by atoms with Gasteiger partial charge in [0.2, 0.25) is 0 Å². The third-order valence-electron chi connectivity index (χ3n) is 8.77. The van der Waals surface area contributed by atoms with Gasteiger partial charge in [-0.05, 0) is 91.2 Å². The quantitative estimate of drug-likeness (QED) is 0.541. The largest absolute Gasteiger partial charge is 0.294 e. The molecule has 2 aromatic carbocycles. The predicted octanol–water partition coefficient (Wildman–Crippen LogP) is 5.96. The van der Waals surface area contributed by atoms with Crippen molar-refractivity contribution in [2.75, 3.05) is 0 Å². The fraction of sp³-hybridized carbons (Fsp3) is 0.480. The second kappa shape index (κ2) is 4.50. The predicted molar refractivity (Wildman–Crippen MR) is 103 cm³/mol. The zero-order chi connectivity index (χ0) is 17.0. The summed E-state index contributed by atoms with van der Waals surface area (Å²) < 4.78 is 0. The number of ketones is 1. The Morgan fingerprint density at radius 2 is 1.96 bits per heavy atom. The summed E-state index contributed by atoms with van der Waals surface area (Å²) in [5.41, 5.74) is 7.66. The molecular formula is C25H24O. The molecule has 2 aromatic rings. The molecule has 4 atom stereocenters. The van der Waals surface area contributed by atoms with E-state index >= 15 is 0 Å². The fourth-order valence-electron chi connectivity index (χ4n) is 7.73. The maximum Gasteiger partial charge on any atom is 0.167 e. The van der Waals surface area contributed by atoms with Gasteiger partial charge in [-0.25, -0.2) is 0 Å². The molecule has 4 unspecified atom stereocenters. The van der Waals surface area contributed by atoms with Gasteiger partial charge in [0.05, 0.1) is 0 Å². The summed E-state index contributed by atoms with van der Waals surface area (Å²) in [5, 5.41) is 2.70. The first-order chi connectivity index (χ1) is 12.7. The lowest BCUT2D eigenvalue weighted by atomic mass is 9.61. The Labute approximate surface area is 154 Å². The highest BCUT2D eigenvalue weighted by Gasteiger charge is 2.57. The number of Topliss-reactive ketones (excluding diaryl/α,β-unsaturated/α-hetero) is 1. The topological polar surface area (TPSA) is 17.1 Å². The van der Waals surface area contributed by atoms with Gasteiger partial charge in [-0.2, -0.15) is 0 Å². The Balaban J connectivity index is 1.60. The fourth-order valence-corrected chi connectivity index (χ4v) is 7.73. The van der Waals surface area contributed by atoms with E-state index in [1.54, 1.807) is 11.1 Å². The van der Waals surface area contributed by atoms with Gasteiger partial charge in [0.25, 0.3) is 0 Å². The van der Waals surface area contributed by atoms with Crippen LogP contribution in [0.1, 0.15) is 72.3 Å². The molecule has 1 fully saturated rings. The second-order valence-electron chi connectivity index (χ2n) is 9.57. The lowest BCUT2D eigenvalue weighted by molar-refractivity contribution is 0.0768. The number of carbonyl (C=O) groups is 1. The first-order valence-electron chi connectivity index (χ1n) is 10.6. The van der Waals surface area contributed by atoms with Crippen LogP contribution in [0.25, 0.3) is 10.8 Å². The third-order valence-corrected chi connectivity index (χ3v) is 8.77. The van der Waals surface area contributed by atoms with E-state index in [9.17, 15) is 4.79 Å². The van der Waals surface area contributed by atoms with Crippen molar-refractivity contribution < 1.29 is 4.79 Å². The van der Waals surface area contributed by atoms with Crippen molar-refractivity contribution in [3.8, 4) is 0 Å². The number of benzene rings is 2. The van der Waals surface area contributed by atoms with E-state index < -0.39 is 0 Å². The Morgan fingerprint density at radius 3 is 2.92 bits per heavy atom. The van der Waals surface area contributed by atoms with Crippen LogP contribution in [0.3, 0.4) is 0 Å². The molecule has 1 saturated carbocycles. The van der Waals surface area contributed by atoms with E-state index in [0.717, 1.165) is 24.3 Å². The zero-order valence-electron chi connectivity index (χ0n) is 15.2. The summed E-state index contributed by atoms with van der Waals surface area (Å²) in [6.45, 7) is 0. The van der Waals surface area contributed by atoms with Crippen LogP contribution in [0, 0.1) is 17.3 Å². The Kier molecular flexibility index (Phi) is 2.46. The van der Waals surface area contributed by atoms with Crippen LogP contribution in [0.15, 0.2) is 41.5 Å². The SMILES string of the molecule is O=C1c2cc3c4cccc3cc2CCC1C12CCC(C1)C1=C2CCC4C1. The molecule has 0 aromatic heterocycles. The molecule has 0 heterocycles. The smallest absolute Gasteiger partial charge is 0.167 e. The molecule has 1 nitrogen and oxygen atoms in total. The number of carbonyl (C=O) groups excluding carboxylic acids is 1. The summed E-state index contributed by atoms with van der Waals surface area (Å²) in [5.74, 6) is 2.17. The van der Waals surface area contributed by atoms with Crippen molar-refractivity contribution in [3.05, 3.63) is 58.2 Å². The molecule has 1 heteroatoms. The molecule has 6 aliphatic carbocycles. The van der Waals surface area contributed by atoms with E-state index in [0.29, 0.717) is 11.7 Å². The maximum absolute atomic E-state index is 13.7. The Hall–Kier alpha value is -1.89. The van der Waals surface area contributed by atoms with Crippen LogP contribution >= 0.6 is 0 Å². The van der Waals surface area contributed by atoms with Crippen LogP contribution in [-0.2, 0) is 6.42 Å². The molecule has 0 saturated heterocycles. The van der Waals surface area contributed by atoms with E-state index in [4.69, 9.17) is 0 Å². The average Bonchev–Trinajstić information content (AvgIpc) is 3.24. The summed E-state index contributed by atoms with van der Waals surface area (Å²) >= 11 is 0. The molecule has 26 heavy (non-hydrogen) atoms. The van der Waals surface area contributed by atoms with Crippen molar-refractivity contribution in [1.82, 2.24) is 0 Å². The van der Waals surface area contributed by atoms with Crippen LogP contribution in [-0.4, -0.2) is 5.78 Å². The molecule has 130 valence electrons. The molecule has 8 rings (SSSR count). The molecule has 0 N–H and O–H groups in total. The van der Waals surface area contributed by atoms with E-state index in [1.165, 1.54) is 60.4 Å². The normalized spacial score (nSPS) is 36.5. The minimum atomic E-state index is 0.241. The summed E-state index contributed by atoms with van der Waals surface area (Å²) in [6, 6.07) is 11.5. The Morgan fingerprint density at radius 1 is 1.00 bits per heavy atom. The van der Waals surface area contributed by atoms with Crippen LogP contribution in [0.4, 0.5) is 0 Å². The number of fused-ring (bicyclic) bond motifs is 2. The van der Waals surface area contributed by atoms with E-state index in [-0.39, 0.29) is 11.3 Å². The van der Waals surface area contributed by atoms with Gasteiger partial charge in [-0.15, -0.1) is 0 Å². The highest BCUT2D eigenvalue weighted by molar-refractivity contribution is 6.05. The van der Waals surface area contributed by atoms with Crippen molar-refractivity contribution in [3.63, 3.8) is 0 Å². The minimum absolute atomic E-state index is 0.241. The molecule has 8 bridgehead atoms. The molecule has 0 amide bonds. The second-order valence-corrected chi connectivity index (χ2v) is 9.57. The maximum atomic E-state index is 13.7. The van der Waals surface area contributed by atoms with E-state index in [1.807, 2.05) is 0 Å². The number of rotatable bonds is 0. The highest BCUT2D eigenvalue weighted by atomic mass is 16.1. The van der Waals surface area contributed by atoms with Gasteiger partial charge in [0.1, 0.15) is 0 Å². The summed E-state index contributed by atoms with van der Waals surface area (Å²) in [7, 11) is 0. The first-order valence-corrected chi connectivity index (χ1v) is 10.6. The lowest BCUT2D eigenvalue weighted by Gasteiger charge is -2.42. The van der Waals surface area contributed by atoms with Crippen molar-refractivity contribution in [1.29, 1.82) is 0 Å². The monoisotopic (exact) mass is 340 g/mol. The van der Waals surface area contributed by atoms with Gasteiger partial charge in [-0.3, -0.25) is 4.79 Å². The molecule has 0 aliphatic heterocycles. The van der Waals surface area contributed by atoms with Crippen molar-refractivity contribution in [2.45, 2.75) is 57.3 Å². The molecular weight excluding hydrogens is 316 g/mol. The van der Waals surface area contributed by atoms with Crippen LogP contribution in [0.5, 0.6) is 0 Å². The molecule has 0 radical (unpaired) electrons. The van der Waals surface area contributed by atoms with Gasteiger partial charge < -0.3 is 0 Å². The average molecular weight is 340 g/mol.